The maximum atomic E-state index is 13.7. The number of carbonyl (C=O) groups is 3. The molecule has 1 aliphatic carbocycles. The molecule has 0 bridgehead atoms. The molecule has 1 saturated carbocycles. The van der Waals surface area contributed by atoms with E-state index in [0.717, 1.165) is 36.8 Å². The second-order valence-electron chi connectivity index (χ2n) is 10.5. The molecule has 2 aromatic carbocycles. The van der Waals surface area contributed by atoms with E-state index in [1.165, 1.54) is 0 Å². The van der Waals surface area contributed by atoms with Crippen LogP contribution in [0.25, 0.3) is 6.08 Å². The van der Waals surface area contributed by atoms with Crippen molar-refractivity contribution >= 4 is 23.9 Å². The van der Waals surface area contributed by atoms with Crippen molar-refractivity contribution in [3.63, 3.8) is 0 Å². The van der Waals surface area contributed by atoms with Crippen LogP contribution in [0.2, 0.25) is 0 Å². The lowest BCUT2D eigenvalue weighted by Crippen LogP contribution is -2.49. The van der Waals surface area contributed by atoms with E-state index in [9.17, 15) is 19.6 Å². The Hall–Kier alpha value is -3.45. The molecule has 0 aromatic heterocycles. The average molecular weight is 521 g/mol. The number of allylic oxidation sites excluding steroid dienone is 1. The summed E-state index contributed by atoms with van der Waals surface area (Å²) in [6, 6.07) is 18.3. The van der Waals surface area contributed by atoms with Crippen molar-refractivity contribution in [3.05, 3.63) is 77.9 Å². The number of hydrogen-bond donors (Lipinski definition) is 3. The van der Waals surface area contributed by atoms with Gasteiger partial charge in [0.05, 0.1) is 11.8 Å². The molecule has 3 N–H and O–H groups in total. The zero-order valence-corrected chi connectivity index (χ0v) is 22.3. The third kappa shape index (κ3) is 9.14. The largest absolute Gasteiger partial charge is 0.461 e. The Kier molecular flexibility index (Phi) is 11.6. The SMILES string of the molecule is CC(C)C[C@@H](C(=O)N[C@@H](Cc1ccccc1)C(=O)OC1CCCC1)[C@H](C/C=C/c1ccccc1)C(=O)NO. The smallest absolute Gasteiger partial charge is 0.329 e. The first kappa shape index (κ1) is 29.1. The standard InChI is InChI=1S/C31H40N2O5/c1-22(2)20-27(26(30(35)33-37)19-11-16-23-12-5-3-6-13-23)29(34)32-28(21-24-14-7-4-8-15-24)31(36)38-25-17-9-10-18-25/h3-8,11-16,22,25-28,37H,9-10,17-21H2,1-2H3,(H,32,34)(H,33,35)/b16-11+/t26-,27+,28-/m0/s1. The summed E-state index contributed by atoms with van der Waals surface area (Å²) in [4.78, 5) is 39.7. The summed E-state index contributed by atoms with van der Waals surface area (Å²) in [5.41, 5.74) is 3.61. The summed E-state index contributed by atoms with van der Waals surface area (Å²) in [5, 5.41) is 12.4. The normalized spacial score (nSPS) is 16.2. The van der Waals surface area contributed by atoms with E-state index in [1.54, 1.807) is 5.48 Å². The topological polar surface area (TPSA) is 105 Å². The number of benzene rings is 2. The fraction of sp³-hybridized carbons (Fsp3) is 0.452. The van der Waals surface area contributed by atoms with Gasteiger partial charge in [-0.25, -0.2) is 10.3 Å². The van der Waals surface area contributed by atoms with Crippen LogP contribution in [-0.2, 0) is 25.5 Å². The molecular weight excluding hydrogens is 480 g/mol. The van der Waals surface area contributed by atoms with Crippen molar-refractivity contribution in [1.82, 2.24) is 10.8 Å². The van der Waals surface area contributed by atoms with Gasteiger partial charge >= 0.3 is 5.97 Å². The first-order chi connectivity index (χ1) is 18.4. The molecule has 7 nitrogen and oxygen atoms in total. The van der Waals surface area contributed by atoms with Crippen molar-refractivity contribution < 1.29 is 24.3 Å². The molecule has 3 atom stereocenters. The lowest BCUT2D eigenvalue weighted by atomic mass is 9.81. The number of nitrogens with one attached hydrogen (secondary N) is 2. The molecule has 38 heavy (non-hydrogen) atoms. The number of hydrogen-bond acceptors (Lipinski definition) is 5. The fourth-order valence-electron chi connectivity index (χ4n) is 4.99. The summed E-state index contributed by atoms with van der Waals surface area (Å²) in [6.45, 7) is 3.95. The predicted octanol–water partition coefficient (Wildman–Crippen LogP) is 5.09. The highest BCUT2D eigenvalue weighted by atomic mass is 16.5. The highest BCUT2D eigenvalue weighted by Crippen LogP contribution is 2.26. The fourth-order valence-corrected chi connectivity index (χ4v) is 4.99. The predicted molar refractivity (Wildman–Crippen MR) is 147 cm³/mol. The van der Waals surface area contributed by atoms with Crippen LogP contribution in [0, 0.1) is 17.8 Å². The summed E-state index contributed by atoms with van der Waals surface area (Å²) < 4.78 is 5.77. The maximum absolute atomic E-state index is 13.7. The third-order valence-electron chi connectivity index (χ3n) is 6.96. The van der Waals surface area contributed by atoms with E-state index in [4.69, 9.17) is 4.74 Å². The van der Waals surface area contributed by atoms with Crippen LogP contribution < -0.4 is 10.8 Å². The van der Waals surface area contributed by atoms with Crippen molar-refractivity contribution in [2.75, 3.05) is 0 Å². The van der Waals surface area contributed by atoms with E-state index in [2.05, 4.69) is 5.32 Å². The number of carbonyl (C=O) groups excluding carboxylic acids is 3. The Labute approximate surface area is 225 Å². The molecule has 0 unspecified atom stereocenters. The van der Waals surface area contributed by atoms with Gasteiger partial charge in [0.25, 0.3) is 0 Å². The Morgan fingerprint density at radius 2 is 1.58 bits per heavy atom. The molecule has 2 amide bonds. The molecular formula is C31H40N2O5. The van der Waals surface area contributed by atoms with E-state index in [1.807, 2.05) is 86.7 Å². The monoisotopic (exact) mass is 520 g/mol. The Bertz CT molecular complexity index is 1050. The molecule has 0 radical (unpaired) electrons. The van der Waals surface area contributed by atoms with Crippen LogP contribution in [0.1, 0.15) is 63.5 Å². The Balaban J connectivity index is 1.81. The summed E-state index contributed by atoms with van der Waals surface area (Å²) in [6.07, 6.45) is 8.28. The molecule has 0 heterocycles. The van der Waals surface area contributed by atoms with Crippen LogP contribution in [0.4, 0.5) is 0 Å². The lowest BCUT2D eigenvalue weighted by molar-refractivity contribution is -0.153. The summed E-state index contributed by atoms with van der Waals surface area (Å²) >= 11 is 0. The van der Waals surface area contributed by atoms with Crippen LogP contribution in [0.3, 0.4) is 0 Å². The Morgan fingerprint density at radius 1 is 0.947 bits per heavy atom. The second kappa shape index (κ2) is 15.1. The third-order valence-corrected chi connectivity index (χ3v) is 6.96. The molecule has 2 aromatic rings. The van der Waals surface area contributed by atoms with Gasteiger partial charge in [-0.1, -0.05) is 86.7 Å². The molecule has 3 rings (SSSR count). The van der Waals surface area contributed by atoms with Crippen LogP contribution in [0.5, 0.6) is 0 Å². The van der Waals surface area contributed by atoms with Gasteiger partial charge < -0.3 is 10.1 Å². The van der Waals surface area contributed by atoms with E-state index in [0.29, 0.717) is 6.42 Å². The van der Waals surface area contributed by atoms with Crippen molar-refractivity contribution in [2.24, 2.45) is 17.8 Å². The van der Waals surface area contributed by atoms with Gasteiger partial charge in [0, 0.05) is 6.42 Å². The average Bonchev–Trinajstić information content (AvgIpc) is 3.43. The van der Waals surface area contributed by atoms with Gasteiger partial charge in [0.15, 0.2) is 0 Å². The minimum Gasteiger partial charge on any atom is -0.461 e. The van der Waals surface area contributed by atoms with Gasteiger partial charge in [-0.05, 0) is 55.6 Å². The second-order valence-corrected chi connectivity index (χ2v) is 10.5. The van der Waals surface area contributed by atoms with Crippen molar-refractivity contribution in [3.8, 4) is 0 Å². The molecule has 0 aliphatic heterocycles. The first-order valence-corrected chi connectivity index (χ1v) is 13.6. The minimum absolute atomic E-state index is 0.107. The number of hydroxylamine groups is 1. The van der Waals surface area contributed by atoms with Crippen molar-refractivity contribution in [2.45, 2.75) is 70.9 Å². The number of amides is 2. The van der Waals surface area contributed by atoms with Gasteiger partial charge in [0.2, 0.25) is 11.8 Å². The zero-order chi connectivity index (χ0) is 27.3. The number of esters is 1. The zero-order valence-electron chi connectivity index (χ0n) is 22.3. The number of ether oxygens (including phenoxy) is 1. The Morgan fingerprint density at radius 3 is 2.18 bits per heavy atom. The van der Waals surface area contributed by atoms with Crippen LogP contribution in [0.15, 0.2) is 66.7 Å². The van der Waals surface area contributed by atoms with E-state index < -0.39 is 35.7 Å². The lowest BCUT2D eigenvalue weighted by Gasteiger charge is -2.28. The van der Waals surface area contributed by atoms with E-state index >= 15 is 0 Å². The molecule has 7 heteroatoms. The highest BCUT2D eigenvalue weighted by molar-refractivity contribution is 5.90. The molecule has 1 fully saturated rings. The van der Waals surface area contributed by atoms with Gasteiger partial charge in [-0.15, -0.1) is 0 Å². The minimum atomic E-state index is -0.877. The summed E-state index contributed by atoms with van der Waals surface area (Å²) in [7, 11) is 0. The number of rotatable bonds is 13. The van der Waals surface area contributed by atoms with Crippen molar-refractivity contribution in [1.29, 1.82) is 0 Å². The molecule has 0 saturated heterocycles. The van der Waals surface area contributed by atoms with Gasteiger partial charge in [-0.3, -0.25) is 14.8 Å². The van der Waals surface area contributed by atoms with Crippen LogP contribution >= 0.6 is 0 Å². The van der Waals surface area contributed by atoms with E-state index in [-0.39, 0.29) is 24.9 Å². The maximum Gasteiger partial charge on any atom is 0.329 e. The molecule has 204 valence electrons. The van der Waals surface area contributed by atoms with Crippen LogP contribution in [-0.4, -0.2) is 35.1 Å². The first-order valence-electron chi connectivity index (χ1n) is 13.6. The van der Waals surface area contributed by atoms with Gasteiger partial charge in [-0.2, -0.15) is 0 Å². The van der Waals surface area contributed by atoms with Gasteiger partial charge in [0.1, 0.15) is 12.1 Å². The molecule has 1 aliphatic rings. The molecule has 0 spiro atoms. The quantitative estimate of drug-likeness (QED) is 0.194. The summed E-state index contributed by atoms with van der Waals surface area (Å²) in [5.74, 6) is -2.94. The highest BCUT2D eigenvalue weighted by Gasteiger charge is 2.36.